The standard InChI is InChI=1S/C17H16O3/c1-11(9-18)12-6-7-16-15(8-12)17(19)14-5-3-2-4-13(14)10-20-16/h2-8,11,18H,9-10H2,1H3. The average molecular weight is 268 g/mol. The number of ketones is 1. The maximum Gasteiger partial charge on any atom is 0.197 e. The molecule has 0 saturated carbocycles. The van der Waals surface area contributed by atoms with E-state index in [0.29, 0.717) is 23.5 Å². The van der Waals surface area contributed by atoms with Crippen molar-refractivity contribution in [3.63, 3.8) is 0 Å². The van der Waals surface area contributed by atoms with Gasteiger partial charge in [0.25, 0.3) is 0 Å². The van der Waals surface area contributed by atoms with Crippen molar-refractivity contribution >= 4 is 5.78 Å². The third-order valence-electron chi connectivity index (χ3n) is 3.74. The fourth-order valence-corrected chi connectivity index (χ4v) is 2.43. The number of carbonyl (C=O) groups excluding carboxylic acids is 1. The van der Waals surface area contributed by atoms with Crippen molar-refractivity contribution in [2.75, 3.05) is 6.61 Å². The van der Waals surface area contributed by atoms with Gasteiger partial charge in [0.05, 0.1) is 5.56 Å². The van der Waals surface area contributed by atoms with Gasteiger partial charge in [-0.15, -0.1) is 0 Å². The van der Waals surface area contributed by atoms with Crippen LogP contribution in [0.1, 0.15) is 39.9 Å². The lowest BCUT2D eigenvalue weighted by Crippen LogP contribution is -2.05. The predicted octanol–water partition coefficient (Wildman–Crippen LogP) is 2.91. The van der Waals surface area contributed by atoms with E-state index >= 15 is 0 Å². The van der Waals surface area contributed by atoms with Crippen LogP contribution in [0.2, 0.25) is 0 Å². The molecule has 2 aromatic carbocycles. The maximum atomic E-state index is 12.6. The molecule has 1 aliphatic heterocycles. The van der Waals surface area contributed by atoms with E-state index in [-0.39, 0.29) is 18.3 Å². The first-order valence-corrected chi connectivity index (χ1v) is 6.71. The minimum atomic E-state index is -0.0138. The molecule has 1 heterocycles. The highest BCUT2D eigenvalue weighted by Gasteiger charge is 2.22. The molecule has 3 heteroatoms. The Balaban J connectivity index is 2.11. The van der Waals surface area contributed by atoms with E-state index in [1.54, 1.807) is 0 Å². The first kappa shape index (κ1) is 12.9. The van der Waals surface area contributed by atoms with Gasteiger partial charge in [0.15, 0.2) is 5.78 Å². The highest BCUT2D eigenvalue weighted by Crippen LogP contribution is 2.30. The van der Waals surface area contributed by atoms with E-state index in [4.69, 9.17) is 4.74 Å². The molecule has 0 aromatic heterocycles. The Kier molecular flexibility index (Phi) is 3.28. The number of ether oxygens (including phenoxy) is 1. The largest absolute Gasteiger partial charge is 0.488 e. The lowest BCUT2D eigenvalue weighted by Gasteiger charge is -2.12. The van der Waals surface area contributed by atoms with Gasteiger partial charge in [-0.2, -0.15) is 0 Å². The summed E-state index contributed by atoms with van der Waals surface area (Å²) < 4.78 is 5.73. The molecular weight excluding hydrogens is 252 g/mol. The summed E-state index contributed by atoms with van der Waals surface area (Å²) in [6.45, 7) is 2.39. The van der Waals surface area contributed by atoms with E-state index in [1.807, 2.05) is 49.4 Å². The minimum Gasteiger partial charge on any atom is -0.488 e. The van der Waals surface area contributed by atoms with Crippen LogP contribution in [0.25, 0.3) is 0 Å². The Morgan fingerprint density at radius 1 is 1.20 bits per heavy atom. The predicted molar refractivity (Wildman–Crippen MR) is 76.1 cm³/mol. The smallest absolute Gasteiger partial charge is 0.197 e. The van der Waals surface area contributed by atoms with Gasteiger partial charge in [0.2, 0.25) is 0 Å². The summed E-state index contributed by atoms with van der Waals surface area (Å²) >= 11 is 0. The third kappa shape index (κ3) is 2.10. The molecule has 0 aliphatic carbocycles. The second kappa shape index (κ2) is 5.10. The second-order valence-corrected chi connectivity index (χ2v) is 5.11. The summed E-state index contributed by atoms with van der Waals surface area (Å²) in [5.41, 5.74) is 3.13. The molecule has 0 spiro atoms. The van der Waals surface area contributed by atoms with Crippen molar-refractivity contribution in [1.82, 2.24) is 0 Å². The molecular formula is C17H16O3. The normalized spacial score (nSPS) is 14.8. The first-order chi connectivity index (χ1) is 9.70. The van der Waals surface area contributed by atoms with Crippen molar-refractivity contribution in [3.8, 4) is 5.75 Å². The molecule has 1 atom stereocenters. The highest BCUT2D eigenvalue weighted by atomic mass is 16.5. The fraction of sp³-hybridized carbons (Fsp3) is 0.235. The fourth-order valence-electron chi connectivity index (χ4n) is 2.43. The van der Waals surface area contributed by atoms with E-state index in [1.165, 1.54) is 0 Å². The lowest BCUT2D eigenvalue weighted by molar-refractivity contribution is 0.103. The maximum absolute atomic E-state index is 12.6. The topological polar surface area (TPSA) is 46.5 Å². The third-order valence-corrected chi connectivity index (χ3v) is 3.74. The van der Waals surface area contributed by atoms with Gasteiger partial charge in [-0.25, -0.2) is 0 Å². The summed E-state index contributed by atoms with van der Waals surface area (Å²) in [6, 6.07) is 13.1. The van der Waals surface area contributed by atoms with Crippen LogP contribution >= 0.6 is 0 Å². The second-order valence-electron chi connectivity index (χ2n) is 5.11. The van der Waals surface area contributed by atoms with Crippen molar-refractivity contribution in [2.45, 2.75) is 19.4 Å². The van der Waals surface area contributed by atoms with Gasteiger partial charge in [0, 0.05) is 23.7 Å². The molecule has 0 radical (unpaired) electrons. The number of hydrogen-bond acceptors (Lipinski definition) is 3. The molecule has 1 unspecified atom stereocenters. The van der Waals surface area contributed by atoms with Crippen molar-refractivity contribution in [3.05, 3.63) is 64.7 Å². The number of rotatable bonds is 2. The van der Waals surface area contributed by atoms with E-state index in [9.17, 15) is 9.90 Å². The molecule has 1 aliphatic rings. The van der Waals surface area contributed by atoms with Crippen molar-refractivity contribution in [2.24, 2.45) is 0 Å². The zero-order valence-electron chi connectivity index (χ0n) is 11.3. The zero-order chi connectivity index (χ0) is 14.1. The monoisotopic (exact) mass is 268 g/mol. The molecule has 20 heavy (non-hydrogen) atoms. The number of benzene rings is 2. The van der Waals surface area contributed by atoms with Crippen LogP contribution in [0.4, 0.5) is 0 Å². The van der Waals surface area contributed by atoms with Crippen molar-refractivity contribution in [1.29, 1.82) is 0 Å². The van der Waals surface area contributed by atoms with Crippen LogP contribution in [-0.2, 0) is 6.61 Å². The molecule has 0 bridgehead atoms. The van der Waals surface area contributed by atoms with E-state index in [2.05, 4.69) is 0 Å². The Morgan fingerprint density at radius 3 is 2.80 bits per heavy atom. The molecule has 0 amide bonds. The van der Waals surface area contributed by atoms with Crippen LogP contribution in [0.5, 0.6) is 5.75 Å². The van der Waals surface area contributed by atoms with E-state index in [0.717, 1.165) is 11.1 Å². The summed E-state index contributed by atoms with van der Waals surface area (Å²) in [5, 5.41) is 9.26. The quantitative estimate of drug-likeness (QED) is 0.911. The van der Waals surface area contributed by atoms with Gasteiger partial charge >= 0.3 is 0 Å². The zero-order valence-corrected chi connectivity index (χ0v) is 11.3. The van der Waals surface area contributed by atoms with Crippen LogP contribution in [0, 0.1) is 0 Å². The van der Waals surface area contributed by atoms with Gasteiger partial charge < -0.3 is 9.84 Å². The molecule has 0 saturated heterocycles. The molecule has 102 valence electrons. The van der Waals surface area contributed by atoms with Gasteiger partial charge in [-0.1, -0.05) is 37.3 Å². The SMILES string of the molecule is CC(CO)c1ccc2c(c1)C(=O)c1ccccc1CO2. The average Bonchev–Trinajstić information content (AvgIpc) is 2.64. The van der Waals surface area contributed by atoms with Crippen molar-refractivity contribution < 1.29 is 14.6 Å². The number of fused-ring (bicyclic) bond motifs is 2. The summed E-state index contributed by atoms with van der Waals surface area (Å²) in [6.07, 6.45) is 0. The van der Waals surface area contributed by atoms with Crippen LogP contribution in [0.15, 0.2) is 42.5 Å². The molecule has 1 N–H and O–H groups in total. The Bertz CT molecular complexity index is 661. The number of aliphatic hydroxyl groups excluding tert-OH is 1. The van der Waals surface area contributed by atoms with Crippen LogP contribution in [-0.4, -0.2) is 17.5 Å². The Morgan fingerprint density at radius 2 is 2.00 bits per heavy atom. The van der Waals surface area contributed by atoms with Crippen LogP contribution in [0.3, 0.4) is 0 Å². The number of hydrogen-bond donors (Lipinski definition) is 1. The Hall–Kier alpha value is -2.13. The summed E-state index contributed by atoms with van der Waals surface area (Å²) in [4.78, 5) is 12.6. The number of carbonyl (C=O) groups is 1. The van der Waals surface area contributed by atoms with Gasteiger partial charge in [0.1, 0.15) is 12.4 Å². The highest BCUT2D eigenvalue weighted by molar-refractivity contribution is 6.12. The Labute approximate surface area is 117 Å². The van der Waals surface area contributed by atoms with E-state index < -0.39 is 0 Å². The summed E-state index contributed by atoms with van der Waals surface area (Å²) in [5.74, 6) is 0.603. The molecule has 3 nitrogen and oxygen atoms in total. The first-order valence-electron chi connectivity index (χ1n) is 6.71. The molecule has 2 aromatic rings. The van der Waals surface area contributed by atoms with Gasteiger partial charge in [-0.3, -0.25) is 4.79 Å². The lowest BCUT2D eigenvalue weighted by atomic mass is 9.94. The van der Waals surface area contributed by atoms with Gasteiger partial charge in [-0.05, 0) is 17.7 Å². The molecule has 0 fully saturated rings. The van der Waals surface area contributed by atoms with Crippen LogP contribution < -0.4 is 4.74 Å². The number of aliphatic hydroxyl groups is 1. The summed E-state index contributed by atoms with van der Waals surface area (Å²) in [7, 11) is 0. The molecule has 3 rings (SSSR count). The minimum absolute atomic E-state index is 0.00611.